The standard InChI is InChI=1S/C23H26N8O3/c1-23(2,33)7-13-4-5-16-18(6-13)34-22(29-16)31-10-14(11-31)17-9-25-21(19(28-17)20(24)32)27-15-8-26-30(3)12-15/h4-6,8-9,12,14,33H,7,10-11H2,1-3H3,(H2,24,32)(H,25,27). The highest BCUT2D eigenvalue weighted by atomic mass is 16.4. The number of carbonyl (C=O) groups excluding carboxylic acids is 1. The molecule has 1 aliphatic rings. The van der Waals surface area contributed by atoms with Gasteiger partial charge in [0, 0.05) is 38.7 Å². The first-order valence-electron chi connectivity index (χ1n) is 10.9. The second-order valence-electron chi connectivity index (χ2n) is 9.27. The van der Waals surface area contributed by atoms with Gasteiger partial charge in [-0.1, -0.05) is 6.07 Å². The van der Waals surface area contributed by atoms with Crippen LogP contribution in [0.25, 0.3) is 11.1 Å². The molecular formula is C23H26N8O3. The number of nitrogens with one attached hydrogen (secondary N) is 1. The minimum atomic E-state index is -0.797. The van der Waals surface area contributed by atoms with E-state index in [4.69, 9.17) is 10.2 Å². The molecule has 0 saturated carbocycles. The van der Waals surface area contributed by atoms with Crippen LogP contribution >= 0.6 is 0 Å². The van der Waals surface area contributed by atoms with Gasteiger partial charge < -0.3 is 25.5 Å². The van der Waals surface area contributed by atoms with Crippen molar-refractivity contribution in [1.29, 1.82) is 0 Å². The highest BCUT2D eigenvalue weighted by Crippen LogP contribution is 2.33. The smallest absolute Gasteiger partial charge is 0.298 e. The molecule has 0 unspecified atom stereocenters. The second kappa shape index (κ2) is 8.10. The molecule has 4 N–H and O–H groups in total. The van der Waals surface area contributed by atoms with Gasteiger partial charge in [-0.25, -0.2) is 9.97 Å². The van der Waals surface area contributed by atoms with Gasteiger partial charge in [0.15, 0.2) is 17.1 Å². The number of carbonyl (C=O) groups is 1. The van der Waals surface area contributed by atoms with Gasteiger partial charge in [0.25, 0.3) is 11.9 Å². The number of fused-ring (bicyclic) bond motifs is 1. The van der Waals surface area contributed by atoms with E-state index in [0.29, 0.717) is 48.3 Å². The van der Waals surface area contributed by atoms with Crippen LogP contribution in [0.15, 0.2) is 41.2 Å². The Morgan fingerprint density at radius 2 is 2.09 bits per heavy atom. The molecule has 11 nitrogen and oxygen atoms in total. The van der Waals surface area contributed by atoms with Gasteiger partial charge in [-0.05, 0) is 31.5 Å². The molecule has 176 valence electrons. The third kappa shape index (κ3) is 4.42. The molecule has 1 fully saturated rings. The van der Waals surface area contributed by atoms with Gasteiger partial charge in [-0.3, -0.25) is 9.48 Å². The number of benzene rings is 1. The minimum absolute atomic E-state index is 0.0683. The zero-order chi connectivity index (χ0) is 24.0. The number of primary amides is 1. The third-order valence-electron chi connectivity index (χ3n) is 5.64. The average Bonchev–Trinajstić information content (AvgIpc) is 3.31. The number of nitrogens with two attached hydrogens (primary N) is 1. The summed E-state index contributed by atoms with van der Waals surface area (Å²) >= 11 is 0. The summed E-state index contributed by atoms with van der Waals surface area (Å²) in [4.78, 5) is 27.5. The Morgan fingerprint density at radius 3 is 2.76 bits per heavy atom. The normalized spacial score (nSPS) is 14.4. The quantitative estimate of drug-likeness (QED) is 0.375. The molecule has 0 bridgehead atoms. The molecule has 34 heavy (non-hydrogen) atoms. The highest BCUT2D eigenvalue weighted by molar-refractivity contribution is 5.96. The molecule has 11 heteroatoms. The minimum Gasteiger partial charge on any atom is -0.423 e. The topological polar surface area (TPSA) is 148 Å². The van der Waals surface area contributed by atoms with Crippen LogP contribution in [0.3, 0.4) is 0 Å². The summed E-state index contributed by atoms with van der Waals surface area (Å²) in [6.07, 6.45) is 5.57. The number of nitrogens with zero attached hydrogens (tertiary/aromatic N) is 6. The van der Waals surface area contributed by atoms with Crippen LogP contribution in [0.5, 0.6) is 0 Å². The van der Waals surface area contributed by atoms with E-state index < -0.39 is 11.5 Å². The maximum atomic E-state index is 12.0. The molecule has 4 heterocycles. The van der Waals surface area contributed by atoms with Gasteiger partial charge in [0.2, 0.25) is 0 Å². The van der Waals surface area contributed by atoms with Crippen molar-refractivity contribution in [3.63, 3.8) is 0 Å². The Kier molecular flexibility index (Phi) is 5.20. The van der Waals surface area contributed by atoms with Crippen molar-refractivity contribution in [1.82, 2.24) is 24.7 Å². The first-order valence-corrected chi connectivity index (χ1v) is 10.9. The molecule has 4 aromatic rings. The zero-order valence-electron chi connectivity index (χ0n) is 19.2. The van der Waals surface area contributed by atoms with Crippen LogP contribution in [0.1, 0.15) is 41.5 Å². The van der Waals surface area contributed by atoms with E-state index in [9.17, 15) is 9.90 Å². The van der Waals surface area contributed by atoms with Gasteiger partial charge >= 0.3 is 0 Å². The molecule has 3 aromatic heterocycles. The number of hydrogen-bond donors (Lipinski definition) is 3. The largest absolute Gasteiger partial charge is 0.423 e. The van der Waals surface area contributed by atoms with E-state index in [1.807, 2.05) is 23.1 Å². The molecule has 0 radical (unpaired) electrons. The molecule has 0 aliphatic carbocycles. The van der Waals surface area contributed by atoms with Crippen molar-refractivity contribution in [2.24, 2.45) is 12.8 Å². The van der Waals surface area contributed by atoms with E-state index in [1.165, 1.54) is 0 Å². The fourth-order valence-electron chi connectivity index (χ4n) is 4.01. The predicted molar refractivity (Wildman–Crippen MR) is 126 cm³/mol. The van der Waals surface area contributed by atoms with Gasteiger partial charge in [-0.2, -0.15) is 10.1 Å². The molecule has 1 aromatic carbocycles. The molecule has 1 saturated heterocycles. The molecule has 0 spiro atoms. The first-order chi connectivity index (χ1) is 16.1. The van der Waals surface area contributed by atoms with Gasteiger partial charge in [-0.15, -0.1) is 0 Å². The van der Waals surface area contributed by atoms with Crippen molar-refractivity contribution < 1.29 is 14.3 Å². The monoisotopic (exact) mass is 462 g/mol. The number of oxazole rings is 1. The summed E-state index contributed by atoms with van der Waals surface area (Å²) in [5.41, 5.74) is 8.65. The Hall–Kier alpha value is -3.99. The molecule has 5 rings (SSSR count). The summed E-state index contributed by atoms with van der Waals surface area (Å²) in [6, 6.07) is 6.30. The van der Waals surface area contributed by atoms with Crippen molar-refractivity contribution in [3.8, 4) is 0 Å². The lowest BCUT2D eigenvalue weighted by Gasteiger charge is -2.37. The SMILES string of the molecule is Cn1cc(Nc2ncc(C3CN(c4nc5ccc(CC(C)(C)O)cc5o4)C3)nc2C(N)=O)cn1. The highest BCUT2D eigenvalue weighted by Gasteiger charge is 2.33. The van der Waals surface area contributed by atoms with E-state index >= 15 is 0 Å². The van der Waals surface area contributed by atoms with Crippen LogP contribution in [0.2, 0.25) is 0 Å². The van der Waals surface area contributed by atoms with Crippen LogP contribution in [-0.2, 0) is 13.5 Å². The molecule has 0 atom stereocenters. The average molecular weight is 463 g/mol. The summed E-state index contributed by atoms with van der Waals surface area (Å²) in [6.45, 7) is 4.81. The van der Waals surface area contributed by atoms with Crippen LogP contribution in [-0.4, -0.2) is 54.4 Å². The number of amides is 1. The number of aromatic nitrogens is 5. The summed E-state index contributed by atoms with van der Waals surface area (Å²) in [5.74, 6) is -0.294. The number of aryl methyl sites for hydroxylation is 1. The Morgan fingerprint density at radius 1 is 1.29 bits per heavy atom. The Balaban J connectivity index is 1.30. The lowest BCUT2D eigenvalue weighted by molar-refractivity contribution is 0.0810. The van der Waals surface area contributed by atoms with Crippen molar-refractivity contribution in [2.45, 2.75) is 31.8 Å². The lowest BCUT2D eigenvalue weighted by atomic mass is 9.97. The number of hydrogen-bond acceptors (Lipinski definition) is 9. The molecule has 1 amide bonds. The van der Waals surface area contributed by atoms with E-state index in [1.54, 1.807) is 44.2 Å². The second-order valence-corrected chi connectivity index (χ2v) is 9.27. The maximum absolute atomic E-state index is 12.0. The fourth-order valence-corrected chi connectivity index (χ4v) is 4.01. The molecular weight excluding hydrogens is 436 g/mol. The Bertz CT molecular complexity index is 1360. The lowest BCUT2D eigenvalue weighted by Crippen LogP contribution is -2.45. The maximum Gasteiger partial charge on any atom is 0.298 e. The number of aliphatic hydroxyl groups is 1. The summed E-state index contributed by atoms with van der Waals surface area (Å²) < 4.78 is 7.60. The number of rotatable bonds is 7. The third-order valence-corrected chi connectivity index (χ3v) is 5.64. The van der Waals surface area contributed by atoms with E-state index in [2.05, 4.69) is 25.4 Å². The van der Waals surface area contributed by atoms with Crippen LogP contribution in [0.4, 0.5) is 17.5 Å². The first kappa shape index (κ1) is 21.8. The van der Waals surface area contributed by atoms with E-state index in [0.717, 1.165) is 11.1 Å². The summed E-state index contributed by atoms with van der Waals surface area (Å²) in [5, 5.41) is 17.2. The van der Waals surface area contributed by atoms with Crippen molar-refractivity contribution >= 4 is 34.5 Å². The summed E-state index contributed by atoms with van der Waals surface area (Å²) in [7, 11) is 1.79. The Labute approximate surface area is 195 Å². The van der Waals surface area contributed by atoms with Gasteiger partial charge in [0.1, 0.15) is 5.52 Å². The number of anilines is 3. The van der Waals surface area contributed by atoms with E-state index in [-0.39, 0.29) is 11.6 Å². The fraction of sp³-hybridized carbons (Fsp3) is 0.348. The zero-order valence-corrected chi connectivity index (χ0v) is 19.2. The molecule has 1 aliphatic heterocycles. The predicted octanol–water partition coefficient (Wildman–Crippen LogP) is 2.11. The van der Waals surface area contributed by atoms with Crippen molar-refractivity contribution in [3.05, 3.63) is 53.7 Å². The van der Waals surface area contributed by atoms with Crippen LogP contribution < -0.4 is 16.0 Å². The van der Waals surface area contributed by atoms with Crippen LogP contribution in [0, 0.1) is 0 Å². The van der Waals surface area contributed by atoms with Crippen molar-refractivity contribution in [2.75, 3.05) is 23.3 Å². The van der Waals surface area contributed by atoms with Gasteiger partial charge in [0.05, 0.1) is 29.4 Å².